The third kappa shape index (κ3) is 7.63. The number of unbranched alkanes of at least 4 members (excludes halogenated alkanes) is 2. The van der Waals surface area contributed by atoms with Crippen molar-refractivity contribution in [2.75, 3.05) is 32.7 Å². The number of carbonyl (C=O) groups is 2. The number of halogens is 2. The number of hydrogen-bond acceptors (Lipinski definition) is 3. The fourth-order valence-corrected chi connectivity index (χ4v) is 3.52. The van der Waals surface area contributed by atoms with Crippen LogP contribution in [-0.4, -0.2) is 54.3 Å². The largest absolute Gasteiger partial charge is 0.366 e. The van der Waals surface area contributed by atoms with Crippen molar-refractivity contribution in [2.24, 2.45) is 5.73 Å². The molecule has 2 aromatic carbocycles. The zero-order chi connectivity index (χ0) is 21.9. The van der Waals surface area contributed by atoms with Gasteiger partial charge in [-0.3, -0.25) is 14.5 Å². The van der Waals surface area contributed by atoms with Gasteiger partial charge in [-0.05, 0) is 49.4 Å². The van der Waals surface area contributed by atoms with Crippen molar-refractivity contribution in [3.8, 4) is 0 Å². The van der Waals surface area contributed by atoms with Crippen LogP contribution in [0, 0.1) is 0 Å². The minimum absolute atomic E-state index is 0.0591. The van der Waals surface area contributed by atoms with Gasteiger partial charge in [0.2, 0.25) is 5.91 Å². The summed E-state index contributed by atoms with van der Waals surface area (Å²) in [6.45, 7) is 6.92. The first-order chi connectivity index (χ1) is 14.4. The number of hydrogen-bond donors (Lipinski definition) is 1. The normalized spacial score (nSPS) is 14.0. The zero-order valence-corrected chi connectivity index (χ0v) is 18.8. The average molecular weight is 450 g/mol. The maximum atomic E-state index is 12.4. The van der Waals surface area contributed by atoms with E-state index in [1.165, 1.54) is 19.3 Å². The van der Waals surface area contributed by atoms with E-state index in [1.54, 1.807) is 36.4 Å². The van der Waals surface area contributed by atoms with Gasteiger partial charge < -0.3 is 10.6 Å². The highest BCUT2D eigenvalue weighted by Gasteiger charge is 2.22. The molecule has 1 heterocycles. The van der Waals surface area contributed by atoms with E-state index in [0.717, 1.165) is 32.7 Å². The van der Waals surface area contributed by atoms with Gasteiger partial charge in [0.25, 0.3) is 5.91 Å². The summed E-state index contributed by atoms with van der Waals surface area (Å²) in [4.78, 5) is 27.3. The third-order valence-electron chi connectivity index (χ3n) is 4.97. The molecule has 2 amide bonds. The van der Waals surface area contributed by atoms with Crippen molar-refractivity contribution in [1.29, 1.82) is 0 Å². The van der Waals surface area contributed by atoms with Gasteiger partial charge in [-0.25, -0.2) is 0 Å². The molecule has 3 rings (SSSR count). The highest BCUT2D eigenvalue weighted by Crippen LogP contribution is 2.18. The van der Waals surface area contributed by atoms with Crippen LogP contribution in [0.4, 0.5) is 0 Å². The number of rotatable bonds is 6. The van der Waals surface area contributed by atoms with Gasteiger partial charge in [-0.1, -0.05) is 55.1 Å². The Labute approximate surface area is 188 Å². The molecule has 0 spiro atoms. The van der Waals surface area contributed by atoms with Crippen molar-refractivity contribution in [3.05, 3.63) is 69.7 Å². The second-order valence-electron chi connectivity index (χ2n) is 7.19. The molecule has 162 valence electrons. The molecule has 1 fully saturated rings. The molecule has 0 aromatic heterocycles. The van der Waals surface area contributed by atoms with Crippen LogP contribution < -0.4 is 5.73 Å². The molecule has 1 saturated heterocycles. The van der Waals surface area contributed by atoms with Crippen molar-refractivity contribution >= 4 is 35.0 Å². The summed E-state index contributed by atoms with van der Waals surface area (Å²) >= 11 is 11.7. The Hall–Kier alpha value is -2.08. The van der Waals surface area contributed by atoms with Crippen LogP contribution in [0.3, 0.4) is 0 Å². The first-order valence-electron chi connectivity index (χ1n) is 10.2. The second kappa shape index (κ2) is 12.6. The number of primary amides is 1. The number of carbonyl (C=O) groups excluding carboxylic acids is 2. The van der Waals surface area contributed by atoms with E-state index in [-0.39, 0.29) is 5.91 Å². The van der Waals surface area contributed by atoms with Crippen LogP contribution in [0.15, 0.2) is 48.5 Å². The molecule has 1 aliphatic heterocycles. The summed E-state index contributed by atoms with van der Waals surface area (Å²) in [7, 11) is 0. The molecule has 0 unspecified atom stereocenters. The fraction of sp³-hybridized carbons (Fsp3) is 0.391. The minimum atomic E-state index is -0.434. The van der Waals surface area contributed by atoms with E-state index < -0.39 is 5.91 Å². The Balaban J connectivity index is 0.000000269. The van der Waals surface area contributed by atoms with Gasteiger partial charge in [0.15, 0.2) is 0 Å². The molecular weight excluding hydrogens is 421 g/mol. The Morgan fingerprint density at radius 2 is 1.57 bits per heavy atom. The molecule has 2 aromatic rings. The predicted octanol–water partition coefficient (Wildman–Crippen LogP) is 4.73. The first kappa shape index (κ1) is 24.2. The minimum Gasteiger partial charge on any atom is -0.366 e. The van der Waals surface area contributed by atoms with Crippen LogP contribution in [0.5, 0.6) is 0 Å². The smallest absolute Gasteiger partial charge is 0.255 e. The van der Waals surface area contributed by atoms with E-state index >= 15 is 0 Å². The van der Waals surface area contributed by atoms with Gasteiger partial charge in [-0.15, -0.1) is 0 Å². The molecule has 0 atom stereocenters. The van der Waals surface area contributed by atoms with E-state index in [1.807, 2.05) is 17.0 Å². The summed E-state index contributed by atoms with van der Waals surface area (Å²) in [5, 5.41) is 1.15. The van der Waals surface area contributed by atoms with Crippen molar-refractivity contribution in [2.45, 2.75) is 26.2 Å². The van der Waals surface area contributed by atoms with E-state index in [2.05, 4.69) is 11.8 Å². The number of piperazine rings is 1. The predicted molar refractivity (Wildman–Crippen MR) is 123 cm³/mol. The number of benzene rings is 2. The molecular formula is C23H29Cl2N3O2. The second-order valence-corrected chi connectivity index (χ2v) is 8.04. The Kier molecular flexibility index (Phi) is 10.1. The van der Waals surface area contributed by atoms with Crippen LogP contribution in [0.2, 0.25) is 10.0 Å². The third-order valence-corrected chi connectivity index (χ3v) is 5.55. The standard InChI is InChI=1S/C16H23ClN2O.C7H6ClNO/c1-2-3-6-9-18-10-12-19(13-11-18)16(20)14-7-4-5-8-15(14)17;8-6-3-1-5(2-4-6)7(9)10/h4-5,7-8H,2-3,6,9-13H2,1H3;1-4H,(H2,9,10). The van der Waals surface area contributed by atoms with Gasteiger partial charge >= 0.3 is 0 Å². The molecule has 0 bridgehead atoms. The van der Waals surface area contributed by atoms with E-state index in [9.17, 15) is 9.59 Å². The summed E-state index contributed by atoms with van der Waals surface area (Å²) in [6.07, 6.45) is 3.80. The highest BCUT2D eigenvalue weighted by atomic mass is 35.5. The lowest BCUT2D eigenvalue weighted by Gasteiger charge is -2.34. The van der Waals surface area contributed by atoms with Crippen molar-refractivity contribution in [1.82, 2.24) is 9.80 Å². The summed E-state index contributed by atoms with van der Waals surface area (Å²) in [6, 6.07) is 13.7. The van der Waals surface area contributed by atoms with Crippen LogP contribution in [0.1, 0.15) is 46.9 Å². The molecule has 0 aliphatic carbocycles. The lowest BCUT2D eigenvalue weighted by atomic mass is 10.1. The summed E-state index contributed by atoms with van der Waals surface area (Å²) in [5.74, 6) is -0.375. The molecule has 2 N–H and O–H groups in total. The molecule has 0 radical (unpaired) electrons. The van der Waals surface area contributed by atoms with Crippen LogP contribution in [-0.2, 0) is 0 Å². The SMILES string of the molecule is CCCCCN1CCN(C(=O)c2ccccc2Cl)CC1.NC(=O)c1ccc(Cl)cc1. The maximum absolute atomic E-state index is 12.4. The lowest BCUT2D eigenvalue weighted by molar-refractivity contribution is 0.0635. The topological polar surface area (TPSA) is 66.6 Å². The van der Waals surface area contributed by atoms with Crippen molar-refractivity contribution < 1.29 is 9.59 Å². The fourth-order valence-electron chi connectivity index (χ4n) is 3.18. The van der Waals surface area contributed by atoms with Gasteiger partial charge in [-0.2, -0.15) is 0 Å². The molecule has 5 nitrogen and oxygen atoms in total. The van der Waals surface area contributed by atoms with Gasteiger partial charge in [0.05, 0.1) is 10.6 Å². The van der Waals surface area contributed by atoms with E-state index in [4.69, 9.17) is 28.9 Å². The quantitative estimate of drug-likeness (QED) is 0.648. The first-order valence-corrected chi connectivity index (χ1v) is 11.0. The Morgan fingerprint density at radius 1 is 0.933 bits per heavy atom. The molecule has 0 saturated carbocycles. The molecule has 1 aliphatic rings. The van der Waals surface area contributed by atoms with Crippen LogP contribution in [0.25, 0.3) is 0 Å². The Bertz CT molecular complexity index is 819. The van der Waals surface area contributed by atoms with Crippen molar-refractivity contribution in [3.63, 3.8) is 0 Å². The number of nitrogens with zero attached hydrogens (tertiary/aromatic N) is 2. The molecule has 7 heteroatoms. The molecule has 30 heavy (non-hydrogen) atoms. The average Bonchev–Trinajstić information content (AvgIpc) is 2.75. The van der Waals surface area contributed by atoms with Gasteiger partial charge in [0.1, 0.15) is 0 Å². The Morgan fingerprint density at radius 3 is 2.13 bits per heavy atom. The van der Waals surface area contributed by atoms with Crippen LogP contribution >= 0.6 is 23.2 Å². The highest BCUT2D eigenvalue weighted by molar-refractivity contribution is 6.33. The lowest BCUT2D eigenvalue weighted by Crippen LogP contribution is -2.48. The number of amides is 2. The number of nitrogens with two attached hydrogens (primary N) is 1. The zero-order valence-electron chi connectivity index (χ0n) is 17.3. The summed E-state index contributed by atoms with van der Waals surface area (Å²) in [5.41, 5.74) is 6.08. The maximum Gasteiger partial charge on any atom is 0.255 e. The van der Waals surface area contributed by atoms with Gasteiger partial charge in [0, 0.05) is 36.8 Å². The summed E-state index contributed by atoms with van der Waals surface area (Å²) < 4.78 is 0. The monoisotopic (exact) mass is 449 g/mol. The van der Waals surface area contributed by atoms with E-state index in [0.29, 0.717) is 21.2 Å².